The molecule has 1 amide bonds. The summed E-state index contributed by atoms with van der Waals surface area (Å²) in [5.41, 5.74) is 5.62. The minimum absolute atomic E-state index is 0.112. The van der Waals surface area contributed by atoms with E-state index in [0.29, 0.717) is 6.54 Å². The van der Waals surface area contributed by atoms with Gasteiger partial charge in [0.1, 0.15) is 11.6 Å². The van der Waals surface area contributed by atoms with Crippen LogP contribution < -0.4 is 11.1 Å². The third kappa shape index (κ3) is 3.94. The highest BCUT2D eigenvalue weighted by atomic mass is 19.1. The number of amides is 1. The molecule has 88 valence electrons. The van der Waals surface area contributed by atoms with Crippen LogP contribution >= 0.6 is 0 Å². The first kappa shape index (κ1) is 12.6. The summed E-state index contributed by atoms with van der Waals surface area (Å²) < 4.78 is 25.7. The predicted molar refractivity (Wildman–Crippen MR) is 56.7 cm³/mol. The Hall–Kier alpha value is -1.49. The molecule has 1 aromatic rings. The van der Waals surface area contributed by atoms with Gasteiger partial charge < -0.3 is 11.1 Å². The van der Waals surface area contributed by atoms with E-state index in [1.54, 1.807) is 6.92 Å². The van der Waals surface area contributed by atoms with Crippen LogP contribution in [0.15, 0.2) is 18.2 Å². The summed E-state index contributed by atoms with van der Waals surface area (Å²) >= 11 is 0. The maximum absolute atomic E-state index is 13.2. The van der Waals surface area contributed by atoms with Crippen LogP contribution in [-0.2, 0) is 11.2 Å². The molecule has 3 nitrogen and oxygen atoms in total. The molecule has 5 heteroatoms. The molecule has 0 saturated heterocycles. The van der Waals surface area contributed by atoms with Crippen LogP contribution in [0.2, 0.25) is 0 Å². The van der Waals surface area contributed by atoms with Crippen molar-refractivity contribution in [3.8, 4) is 0 Å². The fourth-order valence-electron chi connectivity index (χ4n) is 1.18. The SMILES string of the molecule is CC(N)CNC(=O)Cc1ccc(F)cc1F. The second-order valence-electron chi connectivity index (χ2n) is 3.69. The monoisotopic (exact) mass is 228 g/mol. The Morgan fingerprint density at radius 3 is 2.75 bits per heavy atom. The maximum Gasteiger partial charge on any atom is 0.224 e. The topological polar surface area (TPSA) is 55.1 Å². The third-order valence-corrected chi connectivity index (χ3v) is 1.99. The lowest BCUT2D eigenvalue weighted by atomic mass is 10.1. The highest BCUT2D eigenvalue weighted by Gasteiger charge is 2.09. The number of benzene rings is 1. The van der Waals surface area contributed by atoms with Crippen molar-refractivity contribution in [3.05, 3.63) is 35.4 Å². The lowest BCUT2D eigenvalue weighted by Gasteiger charge is -2.08. The van der Waals surface area contributed by atoms with Gasteiger partial charge in [0, 0.05) is 18.7 Å². The fourth-order valence-corrected chi connectivity index (χ4v) is 1.18. The summed E-state index contributed by atoms with van der Waals surface area (Å²) in [4.78, 5) is 11.3. The molecule has 1 atom stereocenters. The molecule has 1 aromatic carbocycles. The van der Waals surface area contributed by atoms with Crippen LogP contribution in [0.1, 0.15) is 12.5 Å². The zero-order valence-electron chi connectivity index (χ0n) is 8.97. The lowest BCUT2D eigenvalue weighted by molar-refractivity contribution is -0.120. The molecule has 1 rings (SSSR count). The Labute approximate surface area is 92.6 Å². The number of nitrogens with one attached hydrogen (secondary N) is 1. The molecule has 3 N–H and O–H groups in total. The summed E-state index contributed by atoms with van der Waals surface area (Å²) in [5, 5.41) is 2.55. The van der Waals surface area contributed by atoms with Gasteiger partial charge in [-0.2, -0.15) is 0 Å². The van der Waals surface area contributed by atoms with E-state index in [2.05, 4.69) is 5.32 Å². The molecule has 1 unspecified atom stereocenters. The molecule has 0 bridgehead atoms. The Balaban J connectivity index is 2.56. The molecule has 0 aliphatic carbocycles. The smallest absolute Gasteiger partial charge is 0.224 e. The van der Waals surface area contributed by atoms with Crippen molar-refractivity contribution in [2.75, 3.05) is 6.54 Å². The van der Waals surface area contributed by atoms with Crippen LogP contribution in [0.3, 0.4) is 0 Å². The van der Waals surface area contributed by atoms with E-state index < -0.39 is 11.6 Å². The Bertz CT molecular complexity index is 380. The van der Waals surface area contributed by atoms with Crippen LogP contribution in [-0.4, -0.2) is 18.5 Å². The summed E-state index contributed by atoms with van der Waals surface area (Å²) in [7, 11) is 0. The molecule has 0 saturated carbocycles. The largest absolute Gasteiger partial charge is 0.354 e. The third-order valence-electron chi connectivity index (χ3n) is 1.99. The number of halogens is 2. The van der Waals surface area contributed by atoms with Gasteiger partial charge in [0.15, 0.2) is 0 Å². The predicted octanol–water partition coefficient (Wildman–Crippen LogP) is 0.971. The second-order valence-corrected chi connectivity index (χ2v) is 3.69. The average Bonchev–Trinajstić information content (AvgIpc) is 2.19. The average molecular weight is 228 g/mol. The van der Waals surface area contributed by atoms with E-state index in [4.69, 9.17) is 5.73 Å². The van der Waals surface area contributed by atoms with E-state index in [1.165, 1.54) is 6.07 Å². The van der Waals surface area contributed by atoms with Crippen molar-refractivity contribution in [1.29, 1.82) is 0 Å². The van der Waals surface area contributed by atoms with E-state index in [0.717, 1.165) is 12.1 Å². The number of hydrogen-bond donors (Lipinski definition) is 2. The van der Waals surface area contributed by atoms with Gasteiger partial charge in [-0.25, -0.2) is 8.78 Å². The van der Waals surface area contributed by atoms with Crippen LogP contribution in [0.5, 0.6) is 0 Å². The highest BCUT2D eigenvalue weighted by molar-refractivity contribution is 5.78. The zero-order chi connectivity index (χ0) is 12.1. The standard InChI is InChI=1S/C11H14F2N2O/c1-7(14)6-15-11(16)4-8-2-3-9(12)5-10(8)13/h2-3,5,7H,4,6,14H2,1H3,(H,15,16). The number of carbonyl (C=O) groups is 1. The van der Waals surface area contributed by atoms with Gasteiger partial charge in [0.25, 0.3) is 0 Å². The van der Waals surface area contributed by atoms with Gasteiger partial charge in [0.05, 0.1) is 6.42 Å². The fraction of sp³-hybridized carbons (Fsp3) is 0.364. The van der Waals surface area contributed by atoms with E-state index in [-0.39, 0.29) is 23.9 Å². The first-order valence-corrected chi connectivity index (χ1v) is 4.95. The second kappa shape index (κ2) is 5.55. The molecule has 0 fully saturated rings. The summed E-state index contributed by atoms with van der Waals surface area (Å²) in [5.74, 6) is -1.70. The maximum atomic E-state index is 13.2. The number of nitrogens with two attached hydrogens (primary N) is 1. The van der Waals surface area contributed by atoms with Crippen molar-refractivity contribution < 1.29 is 13.6 Å². The van der Waals surface area contributed by atoms with Gasteiger partial charge in [-0.15, -0.1) is 0 Å². The van der Waals surface area contributed by atoms with Gasteiger partial charge in [-0.1, -0.05) is 6.07 Å². The van der Waals surface area contributed by atoms with E-state index >= 15 is 0 Å². The highest BCUT2D eigenvalue weighted by Crippen LogP contribution is 2.09. The van der Waals surface area contributed by atoms with Crippen molar-refractivity contribution >= 4 is 5.91 Å². The normalized spacial score (nSPS) is 12.2. The summed E-state index contributed by atoms with van der Waals surface area (Å²) in [6.07, 6.45) is -0.112. The molecular formula is C11H14F2N2O. The van der Waals surface area contributed by atoms with Crippen LogP contribution in [0.4, 0.5) is 8.78 Å². The first-order valence-electron chi connectivity index (χ1n) is 4.95. The molecule has 0 heterocycles. The first-order chi connectivity index (χ1) is 7.49. The van der Waals surface area contributed by atoms with Gasteiger partial charge >= 0.3 is 0 Å². The molecule has 16 heavy (non-hydrogen) atoms. The van der Waals surface area contributed by atoms with Gasteiger partial charge in [-0.3, -0.25) is 4.79 Å². The Morgan fingerprint density at radius 1 is 1.50 bits per heavy atom. The van der Waals surface area contributed by atoms with Crippen molar-refractivity contribution in [3.63, 3.8) is 0 Å². The molecule has 0 radical (unpaired) electrons. The zero-order valence-corrected chi connectivity index (χ0v) is 8.97. The molecule has 0 aromatic heterocycles. The number of rotatable bonds is 4. The summed E-state index contributed by atoms with van der Waals surface area (Å²) in [6.45, 7) is 2.08. The van der Waals surface area contributed by atoms with Gasteiger partial charge in [0.2, 0.25) is 5.91 Å². The van der Waals surface area contributed by atoms with Crippen molar-refractivity contribution in [1.82, 2.24) is 5.32 Å². The van der Waals surface area contributed by atoms with Crippen molar-refractivity contribution in [2.45, 2.75) is 19.4 Å². The minimum atomic E-state index is -0.712. The Kier molecular flexibility index (Phi) is 4.37. The quantitative estimate of drug-likeness (QED) is 0.806. The molecule has 0 spiro atoms. The van der Waals surface area contributed by atoms with Gasteiger partial charge in [-0.05, 0) is 18.6 Å². The van der Waals surface area contributed by atoms with Crippen LogP contribution in [0.25, 0.3) is 0 Å². The molecule has 0 aliphatic rings. The molecular weight excluding hydrogens is 214 g/mol. The van der Waals surface area contributed by atoms with Crippen LogP contribution in [0, 0.1) is 11.6 Å². The minimum Gasteiger partial charge on any atom is -0.354 e. The van der Waals surface area contributed by atoms with E-state index in [9.17, 15) is 13.6 Å². The molecule has 0 aliphatic heterocycles. The van der Waals surface area contributed by atoms with Crippen molar-refractivity contribution in [2.24, 2.45) is 5.73 Å². The Morgan fingerprint density at radius 2 is 2.19 bits per heavy atom. The van der Waals surface area contributed by atoms with E-state index in [1.807, 2.05) is 0 Å². The number of carbonyl (C=O) groups excluding carboxylic acids is 1. The summed E-state index contributed by atoms with van der Waals surface area (Å²) in [6, 6.07) is 2.99. The number of hydrogen-bond acceptors (Lipinski definition) is 2. The lowest BCUT2D eigenvalue weighted by Crippen LogP contribution is -2.36.